The summed E-state index contributed by atoms with van der Waals surface area (Å²) in [4.78, 5) is 29.7. The number of carbonyl (C=O) groups is 2. The summed E-state index contributed by atoms with van der Waals surface area (Å²) >= 11 is 0. The Morgan fingerprint density at radius 2 is 1.93 bits per heavy atom. The molecule has 0 bridgehead atoms. The Morgan fingerprint density at radius 1 is 1.13 bits per heavy atom. The number of carbonyl (C=O) groups excluding carboxylic acids is 2. The maximum Gasteiger partial charge on any atom is 0.229 e. The van der Waals surface area contributed by atoms with E-state index in [4.69, 9.17) is 9.26 Å². The van der Waals surface area contributed by atoms with Crippen LogP contribution in [-0.4, -0.2) is 51.6 Å². The molecule has 0 radical (unpaired) electrons. The molecule has 3 aliphatic rings. The van der Waals surface area contributed by atoms with Crippen LogP contribution in [-0.2, 0) is 20.7 Å². The number of rotatable bonds is 3. The lowest BCUT2D eigenvalue weighted by Crippen LogP contribution is -2.49. The molecule has 30 heavy (non-hydrogen) atoms. The van der Waals surface area contributed by atoms with E-state index in [0.717, 1.165) is 10.9 Å². The lowest BCUT2D eigenvalue weighted by molar-refractivity contribution is -0.142. The topological polar surface area (TPSA) is 75.9 Å². The first-order valence-electron chi connectivity index (χ1n) is 10.3. The van der Waals surface area contributed by atoms with Gasteiger partial charge in [-0.25, -0.2) is 0 Å². The predicted octanol–water partition coefficient (Wildman–Crippen LogP) is 2.67. The van der Waals surface area contributed by atoms with Crippen LogP contribution in [0.1, 0.15) is 30.2 Å². The van der Waals surface area contributed by atoms with Crippen molar-refractivity contribution >= 4 is 22.8 Å². The summed E-state index contributed by atoms with van der Waals surface area (Å²) in [6.07, 6.45) is 0.942. The van der Waals surface area contributed by atoms with Crippen LogP contribution in [0.2, 0.25) is 0 Å². The smallest absolute Gasteiger partial charge is 0.229 e. The van der Waals surface area contributed by atoms with E-state index in [2.05, 4.69) is 5.16 Å². The number of aromatic nitrogens is 1. The highest BCUT2D eigenvalue weighted by Crippen LogP contribution is 2.50. The second kappa shape index (κ2) is 6.40. The minimum Gasteiger partial charge on any atom is -0.356 e. The van der Waals surface area contributed by atoms with Crippen molar-refractivity contribution in [1.82, 2.24) is 15.0 Å². The Balaban J connectivity index is 1.26. The second-order valence-corrected chi connectivity index (χ2v) is 8.23. The number of hydrogen-bond donors (Lipinski definition) is 0. The van der Waals surface area contributed by atoms with Crippen molar-refractivity contribution in [3.8, 4) is 0 Å². The van der Waals surface area contributed by atoms with Gasteiger partial charge in [-0.15, -0.1) is 0 Å². The van der Waals surface area contributed by atoms with Crippen LogP contribution in [0.3, 0.4) is 0 Å². The molecule has 2 amide bonds. The first kappa shape index (κ1) is 17.7. The number of hydrogen-bond acceptors (Lipinski definition) is 5. The Morgan fingerprint density at radius 3 is 2.80 bits per heavy atom. The molecule has 2 aromatic carbocycles. The Bertz CT molecular complexity index is 1140. The van der Waals surface area contributed by atoms with Gasteiger partial charge in [-0.1, -0.05) is 47.6 Å². The van der Waals surface area contributed by atoms with Gasteiger partial charge in [0.1, 0.15) is 11.8 Å². The van der Waals surface area contributed by atoms with Crippen LogP contribution in [0.4, 0.5) is 0 Å². The third-order valence-corrected chi connectivity index (χ3v) is 6.69. The summed E-state index contributed by atoms with van der Waals surface area (Å²) < 4.78 is 11.9. The van der Waals surface area contributed by atoms with E-state index in [1.807, 2.05) is 64.4 Å². The number of ether oxygens (including phenoxy) is 1. The molecular weight excluding hydrogens is 382 g/mol. The molecule has 0 N–H and O–H groups in total. The zero-order chi connectivity index (χ0) is 20.3. The molecule has 1 spiro atoms. The standard InChI is InChI=1S/C23H21N3O4/c27-21(12-17-16-8-4-5-9-18(16)30-24-17)25-11-10-23-20(25)13-22(28)26(23)14-19(29-23)15-6-2-1-3-7-15/h1-9,19-20H,10-14H2/t19-,20+,23-/m0/s1. The Hall–Kier alpha value is -3.19. The van der Waals surface area contributed by atoms with Gasteiger partial charge in [0, 0.05) is 18.4 Å². The molecule has 0 aliphatic carbocycles. The van der Waals surface area contributed by atoms with E-state index < -0.39 is 5.72 Å². The third-order valence-electron chi connectivity index (χ3n) is 6.69. The van der Waals surface area contributed by atoms with Crippen LogP contribution < -0.4 is 0 Å². The summed E-state index contributed by atoms with van der Waals surface area (Å²) in [5.41, 5.74) is 1.66. The fourth-order valence-electron chi connectivity index (χ4n) is 5.27. The first-order chi connectivity index (χ1) is 14.7. The van der Waals surface area contributed by atoms with E-state index >= 15 is 0 Å². The van der Waals surface area contributed by atoms with Crippen molar-refractivity contribution in [2.75, 3.05) is 13.1 Å². The highest BCUT2D eigenvalue weighted by Gasteiger charge is 2.64. The number of fused-ring (bicyclic) bond motifs is 1. The highest BCUT2D eigenvalue weighted by atomic mass is 16.5. The van der Waals surface area contributed by atoms with E-state index in [0.29, 0.717) is 37.2 Å². The first-order valence-corrected chi connectivity index (χ1v) is 10.3. The van der Waals surface area contributed by atoms with Gasteiger partial charge in [0.2, 0.25) is 11.8 Å². The molecule has 152 valence electrons. The molecule has 3 fully saturated rings. The van der Waals surface area contributed by atoms with Crippen molar-refractivity contribution in [2.24, 2.45) is 0 Å². The normalized spacial score (nSPS) is 27.7. The van der Waals surface area contributed by atoms with Gasteiger partial charge < -0.3 is 19.1 Å². The number of nitrogens with zero attached hydrogens (tertiary/aromatic N) is 3. The molecule has 1 aromatic heterocycles. The van der Waals surface area contributed by atoms with Gasteiger partial charge in [-0.05, 0) is 17.7 Å². The fourth-order valence-corrected chi connectivity index (χ4v) is 5.27. The van der Waals surface area contributed by atoms with Crippen molar-refractivity contribution in [1.29, 1.82) is 0 Å². The number of para-hydroxylation sites is 1. The molecule has 3 aliphatic heterocycles. The molecule has 7 heteroatoms. The average Bonchev–Trinajstić information content (AvgIpc) is 3.50. The van der Waals surface area contributed by atoms with Gasteiger partial charge in [-0.2, -0.15) is 0 Å². The van der Waals surface area contributed by atoms with Crippen LogP contribution in [0, 0.1) is 0 Å². The molecular formula is C23H21N3O4. The number of benzene rings is 2. The molecule has 3 aromatic rings. The lowest BCUT2D eigenvalue weighted by atomic mass is 10.1. The van der Waals surface area contributed by atoms with Crippen molar-refractivity contribution in [2.45, 2.75) is 37.1 Å². The number of amides is 2. The largest absolute Gasteiger partial charge is 0.356 e. The van der Waals surface area contributed by atoms with Gasteiger partial charge in [-0.3, -0.25) is 9.59 Å². The second-order valence-electron chi connectivity index (χ2n) is 8.23. The third kappa shape index (κ3) is 2.45. The summed E-state index contributed by atoms with van der Waals surface area (Å²) in [5, 5.41) is 4.94. The Kier molecular flexibility index (Phi) is 3.77. The minimum atomic E-state index is -0.709. The predicted molar refractivity (Wildman–Crippen MR) is 107 cm³/mol. The van der Waals surface area contributed by atoms with Crippen LogP contribution in [0.15, 0.2) is 59.1 Å². The maximum absolute atomic E-state index is 13.2. The van der Waals surface area contributed by atoms with Crippen molar-refractivity contribution < 1.29 is 18.8 Å². The molecule has 6 rings (SSSR count). The van der Waals surface area contributed by atoms with Crippen LogP contribution in [0.25, 0.3) is 11.0 Å². The van der Waals surface area contributed by atoms with E-state index in [1.165, 1.54) is 0 Å². The van der Waals surface area contributed by atoms with Crippen LogP contribution >= 0.6 is 0 Å². The average molecular weight is 403 g/mol. The molecule has 4 heterocycles. The summed E-state index contributed by atoms with van der Waals surface area (Å²) in [7, 11) is 0. The van der Waals surface area contributed by atoms with E-state index in [9.17, 15) is 9.59 Å². The maximum atomic E-state index is 13.2. The summed E-state index contributed by atoms with van der Waals surface area (Å²) in [6, 6.07) is 17.2. The highest BCUT2D eigenvalue weighted by molar-refractivity contribution is 5.88. The van der Waals surface area contributed by atoms with Crippen molar-refractivity contribution in [3.05, 3.63) is 65.9 Å². The zero-order valence-electron chi connectivity index (χ0n) is 16.4. The fraction of sp³-hybridized carbons (Fsp3) is 0.348. The molecule has 0 saturated carbocycles. The van der Waals surface area contributed by atoms with Gasteiger partial charge >= 0.3 is 0 Å². The monoisotopic (exact) mass is 403 g/mol. The molecule has 0 unspecified atom stereocenters. The van der Waals surface area contributed by atoms with Gasteiger partial charge in [0.05, 0.1) is 25.4 Å². The van der Waals surface area contributed by atoms with E-state index in [1.54, 1.807) is 0 Å². The van der Waals surface area contributed by atoms with Crippen molar-refractivity contribution in [3.63, 3.8) is 0 Å². The zero-order valence-corrected chi connectivity index (χ0v) is 16.4. The Labute approximate surface area is 173 Å². The lowest BCUT2D eigenvalue weighted by Gasteiger charge is -2.32. The SMILES string of the molecule is O=C(Cc1noc2ccccc12)N1CC[C@@]23O[C@H](c4ccccc4)CN2C(=O)C[C@@H]13. The van der Waals surface area contributed by atoms with Gasteiger partial charge in [0.25, 0.3) is 0 Å². The summed E-state index contributed by atoms with van der Waals surface area (Å²) in [5.74, 6) is 0.0140. The number of likely N-dealkylation sites (tertiary alicyclic amines) is 1. The minimum absolute atomic E-state index is 0.0441. The quantitative estimate of drug-likeness (QED) is 0.672. The van der Waals surface area contributed by atoms with Crippen LogP contribution in [0.5, 0.6) is 0 Å². The van der Waals surface area contributed by atoms with Gasteiger partial charge in [0.15, 0.2) is 11.3 Å². The van der Waals surface area contributed by atoms with E-state index in [-0.39, 0.29) is 30.4 Å². The molecule has 3 saturated heterocycles. The molecule has 7 nitrogen and oxygen atoms in total. The summed E-state index contributed by atoms with van der Waals surface area (Å²) in [6.45, 7) is 1.11. The molecule has 3 atom stereocenters.